The van der Waals surface area contributed by atoms with Gasteiger partial charge in [0.1, 0.15) is 5.82 Å². The number of benzene rings is 2. The van der Waals surface area contributed by atoms with Crippen LogP contribution >= 0.6 is 0 Å². The van der Waals surface area contributed by atoms with E-state index in [1.165, 1.54) is 50.5 Å². The Balaban J connectivity index is 1.40. The number of halogens is 1. The molecule has 154 valence electrons. The van der Waals surface area contributed by atoms with Gasteiger partial charge in [-0.3, -0.25) is 0 Å². The molecular weight excluding hydrogens is 355 g/mol. The van der Waals surface area contributed by atoms with Gasteiger partial charge in [-0.05, 0) is 105 Å². The minimum absolute atomic E-state index is 0.00781. The van der Waals surface area contributed by atoms with Crippen LogP contribution in [0.1, 0.15) is 75.3 Å². The van der Waals surface area contributed by atoms with Crippen LogP contribution in [-0.4, -0.2) is 0 Å². The third-order valence-corrected chi connectivity index (χ3v) is 7.52. The fourth-order valence-corrected chi connectivity index (χ4v) is 5.81. The van der Waals surface area contributed by atoms with E-state index in [0.717, 1.165) is 40.9 Å². The minimum atomic E-state index is -0.00781. The van der Waals surface area contributed by atoms with Crippen LogP contribution in [-0.2, 0) is 0 Å². The molecule has 0 bridgehead atoms. The molecule has 2 aliphatic rings. The Morgan fingerprint density at radius 3 is 2.38 bits per heavy atom. The number of hydrogen-bond donors (Lipinski definition) is 0. The standard InChI is InChI=1S/C28H35F/c1-3-4-5-6-21-9-12-24-18-26(14-13-23(24)17-21)27-16-15-25(19-28(27)29)22-10-7-20(2)8-11-22/h3-4,7-8,10-11,15-16,19,21,23-24,26H,5-6,9,12-14,17-18H2,1-2H3/b4-3+. The first-order chi connectivity index (χ1) is 14.1. The molecule has 0 saturated heterocycles. The highest BCUT2D eigenvalue weighted by Crippen LogP contribution is 2.48. The quantitative estimate of drug-likeness (QED) is 0.449. The molecule has 4 rings (SSSR count). The molecule has 0 amide bonds. The summed E-state index contributed by atoms with van der Waals surface area (Å²) in [6.07, 6.45) is 14.8. The Labute approximate surface area is 176 Å². The van der Waals surface area contributed by atoms with E-state index in [9.17, 15) is 0 Å². The van der Waals surface area contributed by atoms with Gasteiger partial charge >= 0.3 is 0 Å². The van der Waals surface area contributed by atoms with Crippen LogP contribution in [0.15, 0.2) is 54.6 Å². The molecule has 0 N–H and O–H groups in total. The minimum Gasteiger partial charge on any atom is -0.207 e. The SMILES string of the molecule is C/C=C/CCC1CCC2CC(c3ccc(-c4ccc(C)cc4)cc3F)CCC2C1. The molecule has 0 nitrogen and oxygen atoms in total. The summed E-state index contributed by atoms with van der Waals surface area (Å²) >= 11 is 0. The molecule has 0 heterocycles. The van der Waals surface area contributed by atoms with Gasteiger partial charge in [0.25, 0.3) is 0 Å². The lowest BCUT2D eigenvalue weighted by Gasteiger charge is -2.42. The average Bonchev–Trinajstić information content (AvgIpc) is 2.74. The van der Waals surface area contributed by atoms with Crippen molar-refractivity contribution in [2.24, 2.45) is 17.8 Å². The lowest BCUT2D eigenvalue weighted by molar-refractivity contribution is 0.114. The van der Waals surface area contributed by atoms with Gasteiger partial charge in [0.2, 0.25) is 0 Å². The van der Waals surface area contributed by atoms with Crippen molar-refractivity contribution >= 4 is 0 Å². The van der Waals surface area contributed by atoms with Gasteiger partial charge in [0, 0.05) is 0 Å². The van der Waals surface area contributed by atoms with Gasteiger partial charge in [0.05, 0.1) is 0 Å². The van der Waals surface area contributed by atoms with Crippen molar-refractivity contribution in [2.45, 2.75) is 71.1 Å². The maximum Gasteiger partial charge on any atom is 0.127 e. The number of allylic oxidation sites excluding steroid dienone is 2. The zero-order valence-corrected chi connectivity index (χ0v) is 18.0. The summed E-state index contributed by atoms with van der Waals surface area (Å²) < 4.78 is 15.1. The summed E-state index contributed by atoms with van der Waals surface area (Å²) in [5.41, 5.74) is 4.27. The Hall–Kier alpha value is -1.89. The van der Waals surface area contributed by atoms with Crippen molar-refractivity contribution in [1.82, 2.24) is 0 Å². The Bertz CT molecular complexity index is 832. The number of aryl methyl sites for hydroxylation is 1. The molecule has 4 unspecified atom stereocenters. The van der Waals surface area contributed by atoms with Crippen LogP contribution in [0.5, 0.6) is 0 Å². The van der Waals surface area contributed by atoms with Crippen molar-refractivity contribution in [1.29, 1.82) is 0 Å². The second-order valence-electron chi connectivity index (χ2n) is 9.46. The molecule has 2 aromatic carbocycles. The van der Waals surface area contributed by atoms with Gasteiger partial charge in [-0.2, -0.15) is 0 Å². The lowest BCUT2D eigenvalue weighted by Crippen LogP contribution is -2.30. The molecular formula is C28H35F. The summed E-state index contributed by atoms with van der Waals surface area (Å²) in [6.45, 7) is 4.20. The number of rotatable bonds is 5. The third kappa shape index (κ3) is 4.82. The highest BCUT2D eigenvalue weighted by molar-refractivity contribution is 5.64. The number of hydrogen-bond acceptors (Lipinski definition) is 0. The summed E-state index contributed by atoms with van der Waals surface area (Å²) in [7, 11) is 0. The summed E-state index contributed by atoms with van der Waals surface area (Å²) in [5, 5.41) is 0. The first kappa shape index (κ1) is 20.4. The molecule has 2 fully saturated rings. The topological polar surface area (TPSA) is 0 Å². The predicted molar refractivity (Wildman–Crippen MR) is 122 cm³/mol. The maximum absolute atomic E-state index is 15.1. The first-order valence-corrected chi connectivity index (χ1v) is 11.6. The van der Waals surface area contributed by atoms with Crippen LogP contribution in [0, 0.1) is 30.5 Å². The van der Waals surface area contributed by atoms with Gasteiger partial charge in [0.15, 0.2) is 0 Å². The van der Waals surface area contributed by atoms with E-state index >= 15 is 4.39 Å². The molecule has 2 saturated carbocycles. The van der Waals surface area contributed by atoms with Gasteiger partial charge in [-0.25, -0.2) is 4.39 Å². The van der Waals surface area contributed by atoms with Crippen molar-refractivity contribution in [3.8, 4) is 11.1 Å². The van der Waals surface area contributed by atoms with Crippen molar-refractivity contribution in [3.05, 3.63) is 71.6 Å². The Kier molecular flexibility index (Phi) is 6.53. The second kappa shape index (κ2) is 9.28. The van der Waals surface area contributed by atoms with Gasteiger partial charge < -0.3 is 0 Å². The zero-order chi connectivity index (χ0) is 20.2. The van der Waals surface area contributed by atoms with Gasteiger partial charge in [-0.1, -0.05) is 60.5 Å². The van der Waals surface area contributed by atoms with E-state index in [0.29, 0.717) is 5.92 Å². The van der Waals surface area contributed by atoms with E-state index in [1.54, 1.807) is 6.07 Å². The molecule has 1 heteroatoms. The first-order valence-electron chi connectivity index (χ1n) is 11.6. The fourth-order valence-electron chi connectivity index (χ4n) is 5.81. The third-order valence-electron chi connectivity index (χ3n) is 7.52. The smallest absolute Gasteiger partial charge is 0.127 e. The van der Waals surface area contributed by atoms with Crippen molar-refractivity contribution < 1.29 is 4.39 Å². The number of fused-ring (bicyclic) bond motifs is 1. The molecule has 4 atom stereocenters. The Morgan fingerprint density at radius 1 is 0.897 bits per heavy atom. The van der Waals surface area contributed by atoms with Crippen LogP contribution in [0.3, 0.4) is 0 Å². The summed E-state index contributed by atoms with van der Waals surface area (Å²) in [6, 6.07) is 14.3. The lowest BCUT2D eigenvalue weighted by atomic mass is 9.63. The molecule has 29 heavy (non-hydrogen) atoms. The van der Waals surface area contributed by atoms with E-state index in [-0.39, 0.29) is 5.82 Å². The molecule has 0 spiro atoms. The van der Waals surface area contributed by atoms with Crippen LogP contribution in [0.4, 0.5) is 4.39 Å². The van der Waals surface area contributed by atoms with Crippen LogP contribution in [0.25, 0.3) is 11.1 Å². The Morgan fingerprint density at radius 2 is 1.62 bits per heavy atom. The van der Waals surface area contributed by atoms with Crippen LogP contribution in [0.2, 0.25) is 0 Å². The predicted octanol–water partition coefficient (Wildman–Crippen LogP) is 8.46. The highest BCUT2D eigenvalue weighted by atomic mass is 19.1. The monoisotopic (exact) mass is 390 g/mol. The van der Waals surface area contributed by atoms with E-state index in [2.05, 4.69) is 62.4 Å². The van der Waals surface area contributed by atoms with Crippen molar-refractivity contribution in [2.75, 3.05) is 0 Å². The maximum atomic E-state index is 15.1. The van der Waals surface area contributed by atoms with E-state index in [4.69, 9.17) is 0 Å². The molecule has 0 radical (unpaired) electrons. The summed E-state index contributed by atoms with van der Waals surface area (Å²) in [4.78, 5) is 0. The largest absolute Gasteiger partial charge is 0.207 e. The molecule has 2 aromatic rings. The molecule has 2 aliphatic carbocycles. The fraction of sp³-hybridized carbons (Fsp3) is 0.500. The molecule has 0 aliphatic heterocycles. The van der Waals surface area contributed by atoms with E-state index < -0.39 is 0 Å². The average molecular weight is 391 g/mol. The van der Waals surface area contributed by atoms with Crippen LogP contribution < -0.4 is 0 Å². The normalized spacial score (nSPS) is 27.1. The van der Waals surface area contributed by atoms with Gasteiger partial charge in [-0.15, -0.1) is 0 Å². The second-order valence-corrected chi connectivity index (χ2v) is 9.46. The van der Waals surface area contributed by atoms with Crippen molar-refractivity contribution in [3.63, 3.8) is 0 Å². The molecule has 0 aromatic heterocycles. The highest BCUT2D eigenvalue weighted by Gasteiger charge is 2.36. The summed E-state index contributed by atoms with van der Waals surface area (Å²) in [5.74, 6) is 3.00. The van der Waals surface area contributed by atoms with E-state index in [1.807, 2.05) is 0 Å². The zero-order valence-electron chi connectivity index (χ0n) is 18.0.